The van der Waals surface area contributed by atoms with Crippen LogP contribution in [0.15, 0.2) is 18.2 Å². The number of benzene rings is 1. The van der Waals surface area contributed by atoms with Crippen LogP contribution in [0.4, 0.5) is 0 Å². The van der Waals surface area contributed by atoms with Crippen LogP contribution in [0.5, 0.6) is 0 Å². The lowest BCUT2D eigenvalue weighted by Crippen LogP contribution is -2.15. The average Bonchev–Trinajstić information content (AvgIpc) is 2.59. The van der Waals surface area contributed by atoms with Gasteiger partial charge in [-0.2, -0.15) is 0 Å². The van der Waals surface area contributed by atoms with Crippen molar-refractivity contribution in [2.24, 2.45) is 5.73 Å². The Labute approximate surface area is 103 Å². The number of primary amides is 1. The molecule has 1 atom stereocenters. The first-order valence-electron chi connectivity index (χ1n) is 6.29. The molecule has 1 aliphatic rings. The van der Waals surface area contributed by atoms with Crippen LogP contribution in [0.3, 0.4) is 0 Å². The number of aryl methyl sites for hydroxylation is 1. The van der Waals surface area contributed by atoms with Crippen molar-refractivity contribution in [2.45, 2.75) is 51.4 Å². The van der Waals surface area contributed by atoms with E-state index in [4.69, 9.17) is 5.73 Å². The molecule has 2 rings (SSSR count). The third-order valence-electron chi connectivity index (χ3n) is 3.66. The van der Waals surface area contributed by atoms with Crippen molar-refractivity contribution in [3.63, 3.8) is 0 Å². The minimum Gasteiger partial charge on any atom is -0.370 e. The first kappa shape index (κ1) is 12.2. The number of rotatable bonds is 2. The molecule has 0 aliphatic heterocycles. The molecule has 1 unspecified atom stereocenters. The van der Waals surface area contributed by atoms with Crippen molar-refractivity contribution < 1.29 is 4.79 Å². The second kappa shape index (κ2) is 4.17. The van der Waals surface area contributed by atoms with E-state index in [1.807, 2.05) is 0 Å². The van der Waals surface area contributed by atoms with Crippen LogP contribution in [-0.2, 0) is 16.6 Å². The van der Waals surface area contributed by atoms with Crippen molar-refractivity contribution in [1.29, 1.82) is 0 Å². The average molecular weight is 231 g/mol. The maximum atomic E-state index is 11.1. The molecule has 1 aliphatic carbocycles. The van der Waals surface area contributed by atoms with Gasteiger partial charge < -0.3 is 5.73 Å². The molecule has 2 heteroatoms. The molecular weight excluding hydrogens is 210 g/mol. The van der Waals surface area contributed by atoms with Gasteiger partial charge in [0.1, 0.15) is 0 Å². The van der Waals surface area contributed by atoms with Gasteiger partial charge in [-0.15, -0.1) is 0 Å². The number of nitrogens with two attached hydrogens (primary N) is 1. The molecule has 0 bridgehead atoms. The van der Waals surface area contributed by atoms with E-state index < -0.39 is 0 Å². The van der Waals surface area contributed by atoms with Gasteiger partial charge in [-0.1, -0.05) is 39.0 Å². The van der Waals surface area contributed by atoms with E-state index in [1.54, 1.807) is 0 Å². The quantitative estimate of drug-likeness (QED) is 0.835. The molecular formula is C15H21NO. The Hall–Kier alpha value is -1.31. The summed E-state index contributed by atoms with van der Waals surface area (Å²) in [4.78, 5) is 11.1. The number of hydrogen-bond donors (Lipinski definition) is 1. The molecule has 2 nitrogen and oxygen atoms in total. The third-order valence-corrected chi connectivity index (χ3v) is 3.66. The highest BCUT2D eigenvalue weighted by Gasteiger charge is 2.25. The van der Waals surface area contributed by atoms with Gasteiger partial charge in [0, 0.05) is 6.42 Å². The molecule has 0 spiro atoms. The lowest BCUT2D eigenvalue weighted by atomic mass is 9.84. The normalized spacial score (nSPS) is 19.1. The van der Waals surface area contributed by atoms with E-state index in [-0.39, 0.29) is 11.3 Å². The molecule has 0 heterocycles. The van der Waals surface area contributed by atoms with E-state index in [0.29, 0.717) is 12.3 Å². The second-order valence-electron chi connectivity index (χ2n) is 6.07. The highest BCUT2D eigenvalue weighted by molar-refractivity contribution is 5.75. The minimum atomic E-state index is -0.191. The van der Waals surface area contributed by atoms with Crippen LogP contribution < -0.4 is 5.73 Å². The Bertz CT molecular complexity index is 443. The van der Waals surface area contributed by atoms with Crippen LogP contribution in [0.25, 0.3) is 0 Å². The highest BCUT2D eigenvalue weighted by atomic mass is 16.1. The fourth-order valence-electron chi connectivity index (χ4n) is 2.61. The lowest BCUT2D eigenvalue weighted by Gasteiger charge is -2.21. The van der Waals surface area contributed by atoms with Crippen molar-refractivity contribution in [1.82, 2.24) is 0 Å². The summed E-state index contributed by atoms with van der Waals surface area (Å²) in [6.07, 6.45) is 2.63. The van der Waals surface area contributed by atoms with Crippen molar-refractivity contribution >= 4 is 5.91 Å². The monoisotopic (exact) mass is 231 g/mol. The van der Waals surface area contributed by atoms with Gasteiger partial charge in [0.2, 0.25) is 5.91 Å². The Morgan fingerprint density at radius 1 is 1.41 bits per heavy atom. The molecule has 0 aromatic heterocycles. The number of carbonyl (C=O) groups is 1. The van der Waals surface area contributed by atoms with E-state index in [9.17, 15) is 4.79 Å². The standard InChI is InChI=1S/C15H21NO/c1-15(2,3)12-7-6-10-4-5-11(8-14(16)17)13(10)9-12/h6-7,9,11H,4-5,8H2,1-3H3,(H2,16,17). The number of carbonyl (C=O) groups excluding carboxylic acids is 1. The number of hydrogen-bond acceptors (Lipinski definition) is 1. The topological polar surface area (TPSA) is 43.1 Å². The fourth-order valence-corrected chi connectivity index (χ4v) is 2.61. The van der Waals surface area contributed by atoms with Gasteiger partial charge >= 0.3 is 0 Å². The molecule has 1 aromatic carbocycles. The fraction of sp³-hybridized carbons (Fsp3) is 0.533. The largest absolute Gasteiger partial charge is 0.370 e. The summed E-state index contributed by atoms with van der Waals surface area (Å²) in [5.74, 6) is 0.147. The molecule has 2 N–H and O–H groups in total. The minimum absolute atomic E-state index is 0.162. The maximum Gasteiger partial charge on any atom is 0.218 e. The van der Waals surface area contributed by atoms with Crippen molar-refractivity contribution in [2.75, 3.05) is 0 Å². The molecule has 92 valence electrons. The molecule has 17 heavy (non-hydrogen) atoms. The van der Waals surface area contributed by atoms with Crippen molar-refractivity contribution in [3.8, 4) is 0 Å². The summed E-state index contributed by atoms with van der Waals surface area (Å²) < 4.78 is 0. The summed E-state index contributed by atoms with van der Waals surface area (Å²) in [6, 6.07) is 6.71. The van der Waals surface area contributed by atoms with Gasteiger partial charge in [-0.25, -0.2) is 0 Å². The Balaban J connectivity index is 2.34. The van der Waals surface area contributed by atoms with E-state index in [0.717, 1.165) is 12.8 Å². The molecule has 1 aromatic rings. The molecule has 0 fully saturated rings. The van der Waals surface area contributed by atoms with E-state index >= 15 is 0 Å². The molecule has 0 saturated heterocycles. The van der Waals surface area contributed by atoms with Crippen LogP contribution in [0.1, 0.15) is 56.2 Å². The zero-order chi connectivity index (χ0) is 12.6. The van der Waals surface area contributed by atoms with Crippen LogP contribution >= 0.6 is 0 Å². The van der Waals surface area contributed by atoms with E-state index in [1.165, 1.54) is 16.7 Å². The van der Waals surface area contributed by atoms with Gasteiger partial charge in [0.25, 0.3) is 0 Å². The summed E-state index contributed by atoms with van der Waals surface area (Å²) >= 11 is 0. The summed E-state index contributed by atoms with van der Waals surface area (Å²) in [5.41, 5.74) is 9.55. The zero-order valence-corrected chi connectivity index (χ0v) is 10.9. The highest BCUT2D eigenvalue weighted by Crippen LogP contribution is 2.37. The molecule has 1 amide bonds. The van der Waals surface area contributed by atoms with Crippen LogP contribution in [-0.4, -0.2) is 5.91 Å². The summed E-state index contributed by atoms with van der Waals surface area (Å²) in [6.45, 7) is 6.65. The Morgan fingerprint density at radius 2 is 2.12 bits per heavy atom. The summed E-state index contributed by atoms with van der Waals surface area (Å²) in [7, 11) is 0. The van der Waals surface area contributed by atoms with Crippen molar-refractivity contribution in [3.05, 3.63) is 34.9 Å². The lowest BCUT2D eigenvalue weighted by molar-refractivity contribution is -0.118. The Kier molecular flexibility index (Phi) is 2.98. The third kappa shape index (κ3) is 2.51. The second-order valence-corrected chi connectivity index (χ2v) is 6.07. The molecule has 0 radical (unpaired) electrons. The summed E-state index contributed by atoms with van der Waals surface area (Å²) in [5, 5.41) is 0. The van der Waals surface area contributed by atoms with Gasteiger partial charge in [0.15, 0.2) is 0 Å². The first-order chi connectivity index (χ1) is 7.88. The van der Waals surface area contributed by atoms with Gasteiger partial charge in [0.05, 0.1) is 0 Å². The van der Waals surface area contributed by atoms with Crippen LogP contribution in [0, 0.1) is 0 Å². The van der Waals surface area contributed by atoms with Crippen LogP contribution in [0.2, 0.25) is 0 Å². The maximum absolute atomic E-state index is 11.1. The SMILES string of the molecule is CC(C)(C)c1ccc2c(c1)C(CC(N)=O)CC2. The predicted molar refractivity (Wildman–Crippen MR) is 70.0 cm³/mol. The van der Waals surface area contributed by atoms with Gasteiger partial charge in [-0.3, -0.25) is 4.79 Å². The van der Waals surface area contributed by atoms with E-state index in [2.05, 4.69) is 39.0 Å². The predicted octanol–water partition coefficient (Wildman–Crippen LogP) is 2.89. The first-order valence-corrected chi connectivity index (χ1v) is 6.29. The zero-order valence-electron chi connectivity index (χ0n) is 10.9. The van der Waals surface area contributed by atoms with Gasteiger partial charge in [-0.05, 0) is 40.9 Å². The number of fused-ring (bicyclic) bond motifs is 1. The number of amides is 1. The Morgan fingerprint density at radius 3 is 2.71 bits per heavy atom. The molecule has 0 saturated carbocycles. The smallest absolute Gasteiger partial charge is 0.218 e.